The minimum absolute atomic E-state index is 0.338. The monoisotopic (exact) mass is 280 g/mol. The molecule has 2 aromatic rings. The summed E-state index contributed by atoms with van der Waals surface area (Å²) >= 11 is 0. The van der Waals surface area contributed by atoms with Gasteiger partial charge in [0, 0.05) is 0 Å². The zero-order valence-corrected chi connectivity index (χ0v) is 12.9. The van der Waals surface area contributed by atoms with Crippen molar-refractivity contribution in [3.63, 3.8) is 0 Å². The van der Waals surface area contributed by atoms with Gasteiger partial charge >= 0.3 is 0 Å². The molecule has 0 aliphatic heterocycles. The van der Waals surface area contributed by atoms with Crippen molar-refractivity contribution in [2.45, 2.75) is 45.1 Å². The van der Waals surface area contributed by atoms with Gasteiger partial charge in [0.1, 0.15) is 0 Å². The normalized spacial score (nSPS) is 19.3. The molecule has 0 saturated carbocycles. The van der Waals surface area contributed by atoms with Gasteiger partial charge in [0.15, 0.2) is 0 Å². The Kier molecular flexibility index (Phi) is 4.12. The van der Waals surface area contributed by atoms with Crippen molar-refractivity contribution in [3.05, 3.63) is 70.8 Å². The lowest BCUT2D eigenvalue weighted by molar-refractivity contribution is 0.0995. The van der Waals surface area contributed by atoms with E-state index >= 15 is 0 Å². The van der Waals surface area contributed by atoms with Crippen LogP contribution in [0.25, 0.3) is 0 Å². The Bertz CT molecular complexity index is 597. The van der Waals surface area contributed by atoms with Crippen LogP contribution in [0.5, 0.6) is 0 Å². The molecular formula is C20H24O. The van der Waals surface area contributed by atoms with E-state index < -0.39 is 0 Å². The number of hydrogen-bond donors (Lipinski definition) is 1. The topological polar surface area (TPSA) is 20.2 Å². The lowest BCUT2D eigenvalue weighted by Crippen LogP contribution is -2.21. The van der Waals surface area contributed by atoms with Gasteiger partial charge in [-0.25, -0.2) is 0 Å². The number of aliphatic hydroxyl groups is 1. The second-order valence-electron chi connectivity index (χ2n) is 6.54. The third kappa shape index (κ3) is 3.03. The van der Waals surface area contributed by atoms with Crippen LogP contribution in [0.2, 0.25) is 0 Å². The maximum atomic E-state index is 10.7. The zero-order chi connectivity index (χ0) is 14.8. The minimum atomic E-state index is -0.348. The molecule has 0 saturated heterocycles. The van der Waals surface area contributed by atoms with E-state index in [9.17, 15) is 5.11 Å². The highest BCUT2D eigenvalue weighted by molar-refractivity contribution is 5.31. The third-order valence-corrected chi connectivity index (χ3v) is 4.78. The highest BCUT2D eigenvalue weighted by Gasteiger charge is 2.25. The lowest BCUT2D eigenvalue weighted by atomic mass is 9.79. The van der Waals surface area contributed by atoms with Gasteiger partial charge in [-0.1, -0.05) is 62.4 Å². The van der Waals surface area contributed by atoms with Crippen molar-refractivity contribution in [1.82, 2.24) is 0 Å². The first-order valence-electron chi connectivity index (χ1n) is 8.00. The molecule has 1 aliphatic rings. The molecular weight excluding hydrogens is 256 g/mol. The van der Waals surface area contributed by atoms with Crippen molar-refractivity contribution in [3.8, 4) is 0 Å². The second-order valence-corrected chi connectivity index (χ2v) is 6.54. The molecule has 1 aliphatic carbocycles. The SMILES string of the molecule is CC(C)c1ccc(C(O)C2CCc3ccccc3C2)cc1. The van der Waals surface area contributed by atoms with E-state index in [0.717, 1.165) is 24.8 Å². The van der Waals surface area contributed by atoms with E-state index in [2.05, 4.69) is 62.4 Å². The highest BCUT2D eigenvalue weighted by atomic mass is 16.3. The van der Waals surface area contributed by atoms with E-state index in [1.54, 1.807) is 0 Å². The Morgan fingerprint density at radius 3 is 2.19 bits per heavy atom. The van der Waals surface area contributed by atoms with Crippen LogP contribution in [0.3, 0.4) is 0 Å². The molecule has 1 heteroatoms. The van der Waals surface area contributed by atoms with Gasteiger partial charge in [-0.05, 0) is 53.4 Å². The smallest absolute Gasteiger partial charge is 0.0821 e. The predicted octanol–water partition coefficient (Wildman–Crippen LogP) is 4.65. The summed E-state index contributed by atoms with van der Waals surface area (Å²) in [7, 11) is 0. The zero-order valence-electron chi connectivity index (χ0n) is 12.9. The number of fused-ring (bicyclic) bond motifs is 1. The van der Waals surface area contributed by atoms with Gasteiger partial charge in [-0.15, -0.1) is 0 Å². The van der Waals surface area contributed by atoms with Crippen LogP contribution in [0.4, 0.5) is 0 Å². The first-order chi connectivity index (χ1) is 10.1. The molecule has 0 aromatic heterocycles. The summed E-state index contributed by atoms with van der Waals surface area (Å²) in [6, 6.07) is 17.1. The molecule has 1 nitrogen and oxygen atoms in total. The number of aliphatic hydroxyl groups excluding tert-OH is 1. The largest absolute Gasteiger partial charge is 0.388 e. The third-order valence-electron chi connectivity index (χ3n) is 4.78. The molecule has 0 spiro atoms. The van der Waals surface area contributed by atoms with E-state index in [0.29, 0.717) is 11.8 Å². The average Bonchev–Trinajstić information content (AvgIpc) is 2.54. The average molecular weight is 280 g/mol. The Morgan fingerprint density at radius 2 is 1.52 bits per heavy atom. The van der Waals surface area contributed by atoms with Crippen LogP contribution in [-0.4, -0.2) is 5.11 Å². The highest BCUT2D eigenvalue weighted by Crippen LogP contribution is 2.34. The summed E-state index contributed by atoms with van der Waals surface area (Å²) in [5.74, 6) is 0.877. The quantitative estimate of drug-likeness (QED) is 0.867. The van der Waals surface area contributed by atoms with Crippen LogP contribution in [-0.2, 0) is 12.8 Å². The Balaban J connectivity index is 1.75. The van der Waals surface area contributed by atoms with E-state index in [4.69, 9.17) is 0 Å². The Morgan fingerprint density at radius 1 is 0.905 bits per heavy atom. The van der Waals surface area contributed by atoms with E-state index in [-0.39, 0.29) is 6.10 Å². The van der Waals surface area contributed by atoms with Crippen LogP contribution in [0.15, 0.2) is 48.5 Å². The second kappa shape index (κ2) is 6.03. The van der Waals surface area contributed by atoms with Crippen molar-refractivity contribution in [2.24, 2.45) is 5.92 Å². The van der Waals surface area contributed by atoms with Gasteiger partial charge in [0.05, 0.1) is 6.10 Å². The first kappa shape index (κ1) is 14.3. The Hall–Kier alpha value is -1.60. The predicted molar refractivity (Wildman–Crippen MR) is 87.4 cm³/mol. The van der Waals surface area contributed by atoms with Crippen LogP contribution in [0.1, 0.15) is 54.5 Å². The molecule has 2 unspecified atom stereocenters. The lowest BCUT2D eigenvalue weighted by Gasteiger charge is -2.29. The molecule has 0 heterocycles. The summed E-state index contributed by atoms with van der Waals surface area (Å²) in [6.07, 6.45) is 2.80. The molecule has 21 heavy (non-hydrogen) atoms. The van der Waals surface area contributed by atoms with Crippen LogP contribution < -0.4 is 0 Å². The molecule has 2 atom stereocenters. The molecule has 110 valence electrons. The molecule has 0 radical (unpaired) electrons. The van der Waals surface area contributed by atoms with Gasteiger partial charge in [-0.2, -0.15) is 0 Å². The van der Waals surface area contributed by atoms with Crippen LogP contribution in [0, 0.1) is 5.92 Å². The van der Waals surface area contributed by atoms with E-state index in [1.165, 1.54) is 16.7 Å². The Labute approximate surface area is 127 Å². The molecule has 0 fully saturated rings. The fourth-order valence-corrected chi connectivity index (χ4v) is 3.35. The summed E-state index contributed by atoms with van der Waals surface area (Å²) in [4.78, 5) is 0. The molecule has 2 aromatic carbocycles. The van der Waals surface area contributed by atoms with Gasteiger partial charge in [0.2, 0.25) is 0 Å². The van der Waals surface area contributed by atoms with Crippen molar-refractivity contribution >= 4 is 0 Å². The summed E-state index contributed by atoms with van der Waals surface area (Å²) in [5, 5.41) is 10.7. The van der Waals surface area contributed by atoms with E-state index in [1.807, 2.05) is 0 Å². The fraction of sp³-hybridized carbons (Fsp3) is 0.400. The van der Waals surface area contributed by atoms with Gasteiger partial charge < -0.3 is 5.11 Å². The fourth-order valence-electron chi connectivity index (χ4n) is 3.35. The molecule has 1 N–H and O–H groups in total. The standard InChI is InChI=1S/C20H24O/c1-14(2)15-7-10-17(11-8-15)20(21)19-12-9-16-5-3-4-6-18(16)13-19/h3-8,10-11,14,19-21H,9,12-13H2,1-2H3. The summed E-state index contributed by atoms with van der Waals surface area (Å²) < 4.78 is 0. The summed E-state index contributed by atoms with van der Waals surface area (Å²) in [5.41, 5.74) is 5.26. The molecule has 0 amide bonds. The van der Waals surface area contributed by atoms with Crippen molar-refractivity contribution in [2.75, 3.05) is 0 Å². The maximum absolute atomic E-state index is 10.7. The van der Waals surface area contributed by atoms with Gasteiger partial charge in [-0.3, -0.25) is 0 Å². The minimum Gasteiger partial charge on any atom is -0.388 e. The first-order valence-corrected chi connectivity index (χ1v) is 8.00. The maximum Gasteiger partial charge on any atom is 0.0821 e. The van der Waals surface area contributed by atoms with Crippen molar-refractivity contribution < 1.29 is 5.11 Å². The molecule has 0 bridgehead atoms. The number of hydrogen-bond acceptors (Lipinski definition) is 1. The number of benzene rings is 2. The van der Waals surface area contributed by atoms with Crippen molar-refractivity contribution in [1.29, 1.82) is 0 Å². The number of aryl methyl sites for hydroxylation is 1. The summed E-state index contributed by atoms with van der Waals surface area (Å²) in [6.45, 7) is 4.40. The number of rotatable bonds is 3. The van der Waals surface area contributed by atoms with Gasteiger partial charge in [0.25, 0.3) is 0 Å². The molecule has 3 rings (SSSR count). The van der Waals surface area contributed by atoms with Crippen LogP contribution >= 0.6 is 0 Å².